The molecule has 1 N–H and O–H groups in total. The van der Waals surface area contributed by atoms with E-state index in [1.54, 1.807) is 0 Å². The fourth-order valence-corrected chi connectivity index (χ4v) is 1.41. The third kappa shape index (κ3) is 1.70. The van der Waals surface area contributed by atoms with Crippen LogP contribution in [0.3, 0.4) is 0 Å². The molecule has 74 valence electrons. The number of hydrogen-bond acceptors (Lipinski definition) is 3. The van der Waals surface area contributed by atoms with Crippen LogP contribution in [0.15, 0.2) is 28.9 Å². The lowest BCUT2D eigenvalue weighted by atomic mass is 10.3. The predicted octanol–water partition coefficient (Wildman–Crippen LogP) is 1.33. The maximum atomic E-state index is 9.03. The molecule has 0 radical (unpaired) electrons. The van der Waals surface area contributed by atoms with Gasteiger partial charge in [-0.15, -0.1) is 0 Å². The number of aromatic nitrogens is 2. The van der Waals surface area contributed by atoms with Gasteiger partial charge in [0.25, 0.3) is 0 Å². The second-order valence-corrected chi connectivity index (χ2v) is 3.21. The van der Waals surface area contributed by atoms with Crippen molar-refractivity contribution in [2.24, 2.45) is 0 Å². The van der Waals surface area contributed by atoms with Gasteiger partial charge in [0.2, 0.25) is 0 Å². The van der Waals surface area contributed by atoms with Crippen molar-refractivity contribution in [2.75, 3.05) is 0 Å². The Bertz CT molecular complexity index is 417. The molecular formula is C10H12N2O2. The number of aliphatic hydroxyl groups excluding tert-OH is 1. The van der Waals surface area contributed by atoms with E-state index < -0.39 is 0 Å². The third-order valence-corrected chi connectivity index (χ3v) is 2.09. The van der Waals surface area contributed by atoms with Crippen molar-refractivity contribution in [3.8, 4) is 0 Å². The van der Waals surface area contributed by atoms with Crippen molar-refractivity contribution in [1.82, 2.24) is 9.72 Å². The molecule has 0 aliphatic heterocycles. The summed E-state index contributed by atoms with van der Waals surface area (Å²) in [6.45, 7) is 2.54. The maximum absolute atomic E-state index is 9.03. The van der Waals surface area contributed by atoms with E-state index in [0.29, 0.717) is 6.54 Å². The lowest BCUT2D eigenvalue weighted by molar-refractivity contribution is 0.271. The molecule has 0 aromatic carbocycles. The summed E-state index contributed by atoms with van der Waals surface area (Å²) in [6.07, 6.45) is 1.91. The van der Waals surface area contributed by atoms with Gasteiger partial charge in [0.15, 0.2) is 0 Å². The fraction of sp³-hybridized carbons (Fsp3) is 0.300. The number of rotatable bonds is 3. The molecule has 0 fully saturated rings. The standard InChI is InChI=1S/C10H12N2O2/c1-8-5-9(11-14-8)6-12-4-2-3-10(12)7-13/h2-5,13H,6-7H2,1H3. The zero-order chi connectivity index (χ0) is 9.97. The number of aliphatic hydroxyl groups is 1. The fourth-order valence-electron chi connectivity index (χ4n) is 1.41. The molecule has 0 aliphatic carbocycles. The first kappa shape index (κ1) is 9.02. The molecule has 2 aromatic rings. The zero-order valence-corrected chi connectivity index (χ0v) is 7.97. The van der Waals surface area contributed by atoms with Gasteiger partial charge < -0.3 is 14.2 Å². The molecule has 0 unspecified atom stereocenters. The normalized spacial score (nSPS) is 10.7. The molecule has 4 nitrogen and oxygen atoms in total. The van der Waals surface area contributed by atoms with Crippen molar-refractivity contribution in [3.63, 3.8) is 0 Å². The van der Waals surface area contributed by atoms with Gasteiger partial charge in [0, 0.05) is 18.0 Å². The summed E-state index contributed by atoms with van der Waals surface area (Å²) < 4.78 is 6.90. The largest absolute Gasteiger partial charge is 0.390 e. The van der Waals surface area contributed by atoms with E-state index in [-0.39, 0.29) is 6.61 Å². The number of aryl methyl sites for hydroxylation is 1. The highest BCUT2D eigenvalue weighted by Gasteiger charge is 2.03. The quantitative estimate of drug-likeness (QED) is 0.798. The molecule has 0 atom stereocenters. The summed E-state index contributed by atoms with van der Waals surface area (Å²) in [4.78, 5) is 0. The Hall–Kier alpha value is -1.55. The van der Waals surface area contributed by atoms with Gasteiger partial charge in [-0.2, -0.15) is 0 Å². The predicted molar refractivity (Wildman–Crippen MR) is 50.7 cm³/mol. The summed E-state index contributed by atoms with van der Waals surface area (Å²) in [6, 6.07) is 5.67. The highest BCUT2D eigenvalue weighted by atomic mass is 16.5. The first-order valence-corrected chi connectivity index (χ1v) is 4.46. The minimum Gasteiger partial charge on any atom is -0.390 e. The summed E-state index contributed by atoms with van der Waals surface area (Å²) in [5.74, 6) is 0.803. The Balaban J connectivity index is 2.18. The minimum absolute atomic E-state index is 0.0455. The van der Waals surface area contributed by atoms with Gasteiger partial charge in [-0.05, 0) is 19.1 Å². The summed E-state index contributed by atoms with van der Waals surface area (Å²) >= 11 is 0. The minimum atomic E-state index is 0.0455. The van der Waals surface area contributed by atoms with Gasteiger partial charge >= 0.3 is 0 Å². The Kier molecular flexibility index (Phi) is 2.37. The third-order valence-electron chi connectivity index (χ3n) is 2.09. The first-order valence-electron chi connectivity index (χ1n) is 4.46. The highest BCUT2D eigenvalue weighted by molar-refractivity contribution is 5.10. The molecule has 2 heterocycles. The average molecular weight is 192 g/mol. The number of hydrogen-bond donors (Lipinski definition) is 1. The maximum Gasteiger partial charge on any atom is 0.133 e. The second kappa shape index (κ2) is 3.67. The molecule has 4 heteroatoms. The lowest BCUT2D eigenvalue weighted by Gasteiger charge is -2.03. The van der Waals surface area contributed by atoms with E-state index >= 15 is 0 Å². The van der Waals surface area contributed by atoms with Crippen LogP contribution in [0.1, 0.15) is 17.1 Å². The van der Waals surface area contributed by atoms with E-state index in [9.17, 15) is 0 Å². The van der Waals surface area contributed by atoms with E-state index in [4.69, 9.17) is 9.63 Å². The molecule has 2 rings (SSSR count). The van der Waals surface area contributed by atoms with Crippen molar-refractivity contribution < 1.29 is 9.63 Å². The van der Waals surface area contributed by atoms with Crippen LogP contribution in [0, 0.1) is 6.92 Å². The SMILES string of the molecule is Cc1cc(Cn2cccc2CO)no1. The van der Waals surface area contributed by atoms with E-state index in [2.05, 4.69) is 5.16 Å². The second-order valence-electron chi connectivity index (χ2n) is 3.21. The summed E-state index contributed by atoms with van der Waals surface area (Å²) in [5, 5.41) is 12.9. The van der Waals surface area contributed by atoms with Crippen molar-refractivity contribution in [3.05, 3.63) is 41.5 Å². The highest BCUT2D eigenvalue weighted by Crippen LogP contribution is 2.08. The van der Waals surface area contributed by atoms with Crippen LogP contribution in [0.2, 0.25) is 0 Å². The molecule has 14 heavy (non-hydrogen) atoms. The average Bonchev–Trinajstić information content (AvgIpc) is 2.76. The van der Waals surface area contributed by atoms with Crippen molar-refractivity contribution in [1.29, 1.82) is 0 Å². The van der Waals surface area contributed by atoms with Crippen LogP contribution in [0.5, 0.6) is 0 Å². The summed E-state index contributed by atoms with van der Waals surface area (Å²) in [5.41, 5.74) is 1.75. The Labute approximate surface area is 81.8 Å². The van der Waals surface area contributed by atoms with Crippen LogP contribution >= 0.6 is 0 Å². The van der Waals surface area contributed by atoms with E-state index in [1.165, 1.54) is 0 Å². The lowest BCUT2D eigenvalue weighted by Crippen LogP contribution is -2.02. The van der Waals surface area contributed by atoms with Gasteiger partial charge in [0.1, 0.15) is 11.5 Å². The van der Waals surface area contributed by atoms with Crippen LogP contribution in [-0.4, -0.2) is 14.8 Å². The van der Waals surface area contributed by atoms with Gasteiger partial charge in [-0.1, -0.05) is 5.16 Å². The molecule has 0 amide bonds. The Morgan fingerprint density at radius 1 is 1.57 bits per heavy atom. The van der Waals surface area contributed by atoms with Crippen LogP contribution in [-0.2, 0) is 13.2 Å². The molecule has 0 saturated carbocycles. The molecule has 0 spiro atoms. The smallest absolute Gasteiger partial charge is 0.133 e. The molecule has 0 aliphatic rings. The van der Waals surface area contributed by atoms with Gasteiger partial charge in [0.05, 0.1) is 13.2 Å². The first-order chi connectivity index (χ1) is 6.79. The van der Waals surface area contributed by atoms with Crippen LogP contribution in [0.25, 0.3) is 0 Å². The van der Waals surface area contributed by atoms with Gasteiger partial charge in [-0.3, -0.25) is 0 Å². The monoisotopic (exact) mass is 192 g/mol. The van der Waals surface area contributed by atoms with Crippen molar-refractivity contribution in [2.45, 2.75) is 20.1 Å². The van der Waals surface area contributed by atoms with Gasteiger partial charge in [-0.25, -0.2) is 0 Å². The molecule has 0 bridgehead atoms. The van der Waals surface area contributed by atoms with Crippen molar-refractivity contribution >= 4 is 0 Å². The topological polar surface area (TPSA) is 51.2 Å². The molecular weight excluding hydrogens is 180 g/mol. The number of nitrogens with zero attached hydrogens (tertiary/aromatic N) is 2. The van der Waals surface area contributed by atoms with E-state index in [0.717, 1.165) is 17.1 Å². The van der Waals surface area contributed by atoms with E-state index in [1.807, 2.05) is 35.9 Å². The molecule has 0 saturated heterocycles. The molecule has 2 aromatic heterocycles. The Morgan fingerprint density at radius 2 is 2.43 bits per heavy atom. The van der Waals surface area contributed by atoms with Crippen LogP contribution in [0.4, 0.5) is 0 Å². The summed E-state index contributed by atoms with van der Waals surface area (Å²) in [7, 11) is 0. The zero-order valence-electron chi connectivity index (χ0n) is 7.97. The van der Waals surface area contributed by atoms with Crippen LogP contribution < -0.4 is 0 Å². The Morgan fingerprint density at radius 3 is 3.07 bits per heavy atom.